The maximum absolute atomic E-state index is 13.8. The number of hydrogen-bond donors (Lipinski definition) is 2. The summed E-state index contributed by atoms with van der Waals surface area (Å²) in [7, 11) is 1.64. The second-order valence-corrected chi connectivity index (χ2v) is 6.73. The zero-order valence-electron chi connectivity index (χ0n) is 15.5. The summed E-state index contributed by atoms with van der Waals surface area (Å²) in [5.41, 5.74) is 0.110. The number of carbonyl (C=O) groups excluding carboxylic acids is 1. The summed E-state index contributed by atoms with van der Waals surface area (Å²) in [5, 5.41) is 21.5. The molecule has 2 atom stereocenters. The van der Waals surface area contributed by atoms with Gasteiger partial charge in [0.25, 0.3) is 0 Å². The summed E-state index contributed by atoms with van der Waals surface area (Å²) in [6.07, 6.45) is 2.05. The SMILES string of the molecule is CN1C(=O)[C@@H](NC(O)c2ncn(Cc3cccc(F)c3F)n2)CCn2nccc21. The van der Waals surface area contributed by atoms with Crippen molar-refractivity contribution in [2.75, 3.05) is 11.9 Å². The first kappa shape index (κ1) is 19.2. The van der Waals surface area contributed by atoms with Crippen LogP contribution in [0.3, 0.4) is 0 Å². The number of anilines is 1. The summed E-state index contributed by atoms with van der Waals surface area (Å²) in [5.74, 6) is -1.41. The Morgan fingerprint density at radius 2 is 2.17 bits per heavy atom. The second-order valence-electron chi connectivity index (χ2n) is 6.73. The predicted molar refractivity (Wildman–Crippen MR) is 97.6 cm³/mol. The molecule has 1 aliphatic rings. The van der Waals surface area contributed by atoms with Gasteiger partial charge in [0.1, 0.15) is 12.1 Å². The number of aliphatic hydroxyl groups is 1. The van der Waals surface area contributed by atoms with Crippen LogP contribution in [0.25, 0.3) is 0 Å². The molecule has 1 aliphatic heterocycles. The number of nitrogens with zero attached hydrogens (tertiary/aromatic N) is 6. The number of amides is 1. The number of benzene rings is 1. The monoisotopic (exact) mass is 403 g/mol. The van der Waals surface area contributed by atoms with Gasteiger partial charge >= 0.3 is 0 Å². The van der Waals surface area contributed by atoms with Crippen molar-refractivity contribution >= 4 is 11.7 Å². The normalized spacial score (nSPS) is 17.9. The van der Waals surface area contributed by atoms with Gasteiger partial charge in [-0.3, -0.25) is 15.0 Å². The van der Waals surface area contributed by atoms with Crippen LogP contribution in [0.15, 0.2) is 36.8 Å². The number of hydrogen-bond acceptors (Lipinski definition) is 6. The van der Waals surface area contributed by atoms with Gasteiger partial charge in [0, 0.05) is 25.2 Å². The molecule has 0 saturated carbocycles. The molecule has 4 rings (SSSR count). The summed E-state index contributed by atoms with van der Waals surface area (Å²) in [6.45, 7) is 0.457. The molecule has 0 spiro atoms. The first-order valence-corrected chi connectivity index (χ1v) is 9.00. The van der Waals surface area contributed by atoms with Crippen molar-refractivity contribution in [2.24, 2.45) is 0 Å². The minimum Gasteiger partial charge on any atom is -0.371 e. The third kappa shape index (κ3) is 3.74. The van der Waals surface area contributed by atoms with Gasteiger partial charge < -0.3 is 5.11 Å². The van der Waals surface area contributed by atoms with Gasteiger partial charge in [-0.25, -0.2) is 23.1 Å². The minimum absolute atomic E-state index is 0.0271. The molecule has 3 aromatic rings. The molecule has 9 nitrogen and oxygen atoms in total. The van der Waals surface area contributed by atoms with Crippen molar-refractivity contribution in [3.05, 3.63) is 59.8 Å². The van der Waals surface area contributed by atoms with Crippen LogP contribution in [0.1, 0.15) is 24.0 Å². The van der Waals surface area contributed by atoms with Gasteiger partial charge in [-0.2, -0.15) is 10.2 Å². The zero-order chi connectivity index (χ0) is 20.5. The van der Waals surface area contributed by atoms with Crippen LogP contribution < -0.4 is 10.2 Å². The highest BCUT2D eigenvalue weighted by molar-refractivity contribution is 5.96. The molecule has 0 bridgehead atoms. The maximum Gasteiger partial charge on any atom is 0.245 e. The van der Waals surface area contributed by atoms with Crippen molar-refractivity contribution in [3.8, 4) is 0 Å². The van der Waals surface area contributed by atoms with Crippen molar-refractivity contribution < 1.29 is 18.7 Å². The van der Waals surface area contributed by atoms with E-state index >= 15 is 0 Å². The molecule has 0 fully saturated rings. The molecule has 1 unspecified atom stereocenters. The lowest BCUT2D eigenvalue weighted by Crippen LogP contribution is -2.45. The number of carbonyl (C=O) groups is 1. The number of halogens is 2. The number of likely N-dealkylation sites (N-methyl/N-ethyl adjacent to an activating group) is 1. The maximum atomic E-state index is 13.8. The Hall–Kier alpha value is -3.18. The number of aromatic nitrogens is 5. The molecule has 29 heavy (non-hydrogen) atoms. The van der Waals surface area contributed by atoms with E-state index in [1.165, 1.54) is 28.0 Å². The molecule has 0 aliphatic carbocycles. The Labute approximate surface area is 164 Å². The van der Waals surface area contributed by atoms with Gasteiger partial charge in [0.2, 0.25) is 5.91 Å². The Kier molecular flexibility index (Phi) is 5.07. The Bertz CT molecular complexity index is 1030. The highest BCUT2D eigenvalue weighted by Gasteiger charge is 2.30. The number of aryl methyl sites for hydroxylation is 1. The van der Waals surface area contributed by atoms with Crippen molar-refractivity contribution in [3.63, 3.8) is 0 Å². The summed E-state index contributed by atoms with van der Waals surface area (Å²) >= 11 is 0. The van der Waals surface area contributed by atoms with Crippen molar-refractivity contribution in [1.29, 1.82) is 0 Å². The molecular weight excluding hydrogens is 384 g/mol. The first-order chi connectivity index (χ1) is 13.9. The van der Waals surface area contributed by atoms with Gasteiger partial charge in [-0.15, -0.1) is 0 Å². The van der Waals surface area contributed by atoms with Crippen LogP contribution in [-0.4, -0.2) is 48.6 Å². The van der Waals surface area contributed by atoms with E-state index in [4.69, 9.17) is 0 Å². The lowest BCUT2D eigenvalue weighted by Gasteiger charge is -2.22. The minimum atomic E-state index is -1.30. The van der Waals surface area contributed by atoms with Gasteiger partial charge in [0.15, 0.2) is 23.7 Å². The largest absolute Gasteiger partial charge is 0.371 e. The highest BCUT2D eigenvalue weighted by atomic mass is 19.2. The number of rotatable bonds is 5. The van der Waals surface area contributed by atoms with E-state index in [-0.39, 0.29) is 23.8 Å². The van der Waals surface area contributed by atoms with E-state index in [0.29, 0.717) is 18.8 Å². The summed E-state index contributed by atoms with van der Waals surface area (Å²) < 4.78 is 30.2. The van der Waals surface area contributed by atoms with E-state index in [2.05, 4.69) is 20.5 Å². The summed E-state index contributed by atoms with van der Waals surface area (Å²) in [4.78, 5) is 18.2. The van der Waals surface area contributed by atoms with Crippen LogP contribution in [0.2, 0.25) is 0 Å². The molecule has 3 heterocycles. The van der Waals surface area contributed by atoms with Gasteiger partial charge in [0.05, 0.1) is 18.8 Å². The Morgan fingerprint density at radius 1 is 1.34 bits per heavy atom. The van der Waals surface area contributed by atoms with Crippen molar-refractivity contribution in [1.82, 2.24) is 29.9 Å². The van der Waals surface area contributed by atoms with Crippen LogP contribution >= 0.6 is 0 Å². The standard InChI is InChI=1S/C18H19F2N7O2/c1-25-14-5-7-22-27(14)8-6-13(18(25)29)23-17(28)16-21-10-26(24-16)9-11-3-2-4-12(19)15(11)20/h2-5,7,10,13,17,23,28H,6,8-9H2,1H3/t13-,17?/m0/s1. The second kappa shape index (κ2) is 7.68. The van der Waals surface area contributed by atoms with Crippen LogP contribution in [0.5, 0.6) is 0 Å². The zero-order valence-corrected chi connectivity index (χ0v) is 15.5. The van der Waals surface area contributed by atoms with E-state index < -0.39 is 23.9 Å². The van der Waals surface area contributed by atoms with Crippen molar-refractivity contribution in [2.45, 2.75) is 31.8 Å². The third-order valence-corrected chi connectivity index (χ3v) is 4.82. The number of nitrogens with one attached hydrogen (secondary N) is 1. The Morgan fingerprint density at radius 3 is 3.00 bits per heavy atom. The lowest BCUT2D eigenvalue weighted by atomic mass is 10.2. The van der Waals surface area contributed by atoms with E-state index in [1.807, 2.05) is 0 Å². The van der Waals surface area contributed by atoms with Gasteiger partial charge in [-0.05, 0) is 12.5 Å². The molecule has 2 N–H and O–H groups in total. The fourth-order valence-electron chi connectivity index (χ4n) is 3.28. The number of aliphatic hydroxyl groups excluding tert-OH is 1. The van der Waals surface area contributed by atoms with E-state index in [1.54, 1.807) is 24.0 Å². The first-order valence-electron chi connectivity index (χ1n) is 9.00. The molecule has 1 amide bonds. The van der Waals surface area contributed by atoms with Gasteiger partial charge in [-0.1, -0.05) is 12.1 Å². The fourth-order valence-corrected chi connectivity index (χ4v) is 3.28. The van der Waals surface area contributed by atoms with Crippen LogP contribution in [0, 0.1) is 11.6 Å². The molecule has 11 heteroatoms. The average Bonchev–Trinajstić information content (AvgIpc) is 3.35. The van der Waals surface area contributed by atoms with E-state index in [0.717, 1.165) is 6.07 Å². The summed E-state index contributed by atoms with van der Waals surface area (Å²) in [6, 6.07) is 4.96. The molecule has 2 aromatic heterocycles. The number of fused-ring (bicyclic) bond motifs is 1. The van der Waals surface area contributed by atoms with Crippen LogP contribution in [-0.2, 0) is 17.9 Å². The lowest BCUT2D eigenvalue weighted by molar-refractivity contribution is -0.121. The topological polar surface area (TPSA) is 101 Å². The molecule has 1 aromatic carbocycles. The molecular formula is C18H19F2N7O2. The molecule has 0 radical (unpaired) electrons. The van der Waals surface area contributed by atoms with E-state index in [9.17, 15) is 18.7 Å². The third-order valence-electron chi connectivity index (χ3n) is 4.82. The quantitative estimate of drug-likeness (QED) is 0.612. The predicted octanol–water partition coefficient (Wildman–Crippen LogP) is 0.817. The van der Waals surface area contributed by atoms with Crippen LogP contribution in [0.4, 0.5) is 14.6 Å². The molecule has 152 valence electrons. The average molecular weight is 403 g/mol. The Balaban J connectivity index is 1.44. The highest BCUT2D eigenvalue weighted by Crippen LogP contribution is 2.20. The fraction of sp³-hybridized carbons (Fsp3) is 0.333. The smallest absolute Gasteiger partial charge is 0.245 e. The molecule has 0 saturated heterocycles.